The molecule has 0 bridgehead atoms. The van der Waals surface area contributed by atoms with Gasteiger partial charge in [0, 0.05) is 5.41 Å². The summed E-state index contributed by atoms with van der Waals surface area (Å²) in [4.78, 5) is 34.8. The van der Waals surface area contributed by atoms with Gasteiger partial charge >= 0.3 is 5.97 Å². The van der Waals surface area contributed by atoms with Crippen LogP contribution in [0.5, 0.6) is 0 Å². The topological polar surface area (TPSA) is 84.5 Å². The zero-order valence-corrected chi connectivity index (χ0v) is 12.5. The Balaban J connectivity index is 4.61. The summed E-state index contributed by atoms with van der Waals surface area (Å²) in [5, 5.41) is 5.14. The van der Waals surface area contributed by atoms with E-state index >= 15 is 0 Å². The van der Waals surface area contributed by atoms with Crippen LogP contribution in [0, 0.1) is 11.3 Å². The number of methoxy groups -OCH3 is 1. The largest absolute Gasteiger partial charge is 0.468 e. The number of rotatable bonds is 5. The molecule has 19 heavy (non-hydrogen) atoms. The molecule has 6 nitrogen and oxygen atoms in total. The lowest BCUT2D eigenvalue weighted by atomic mass is 9.93. The zero-order valence-electron chi connectivity index (χ0n) is 12.5. The van der Waals surface area contributed by atoms with Crippen LogP contribution in [0.4, 0.5) is 0 Å². The van der Waals surface area contributed by atoms with Crippen LogP contribution in [0.15, 0.2) is 0 Å². The lowest BCUT2D eigenvalue weighted by Gasteiger charge is -2.26. The van der Waals surface area contributed by atoms with Gasteiger partial charge in [0.05, 0.1) is 7.11 Å². The summed E-state index contributed by atoms with van der Waals surface area (Å²) in [5.74, 6) is -1.21. The molecular formula is C13H24N2O4. The Morgan fingerprint density at radius 3 is 2.05 bits per heavy atom. The summed E-state index contributed by atoms with van der Waals surface area (Å²) in [7, 11) is 1.25. The highest BCUT2D eigenvalue weighted by atomic mass is 16.5. The molecule has 0 unspecified atom stereocenters. The molecule has 0 aromatic rings. The quantitative estimate of drug-likeness (QED) is 0.712. The number of amides is 2. The van der Waals surface area contributed by atoms with Gasteiger partial charge in [-0.15, -0.1) is 0 Å². The van der Waals surface area contributed by atoms with E-state index in [-0.39, 0.29) is 18.4 Å². The second-order valence-electron chi connectivity index (χ2n) is 5.74. The molecular weight excluding hydrogens is 248 g/mol. The van der Waals surface area contributed by atoms with Gasteiger partial charge in [0.25, 0.3) is 0 Å². The Morgan fingerprint density at radius 1 is 1.16 bits per heavy atom. The molecule has 0 spiro atoms. The van der Waals surface area contributed by atoms with Crippen LogP contribution in [-0.4, -0.2) is 37.5 Å². The molecule has 0 rings (SSSR count). The maximum atomic E-state index is 11.9. The third-order valence-corrected chi connectivity index (χ3v) is 2.55. The van der Waals surface area contributed by atoms with E-state index in [1.807, 2.05) is 13.8 Å². The molecule has 2 amide bonds. The van der Waals surface area contributed by atoms with Crippen molar-refractivity contribution in [1.82, 2.24) is 10.6 Å². The molecule has 0 aliphatic rings. The molecule has 0 radical (unpaired) electrons. The van der Waals surface area contributed by atoms with Crippen LogP contribution >= 0.6 is 0 Å². The van der Waals surface area contributed by atoms with Gasteiger partial charge in [-0.1, -0.05) is 34.6 Å². The first-order valence-electron chi connectivity index (χ1n) is 6.25. The molecule has 0 heterocycles. The second kappa shape index (κ2) is 7.11. The molecule has 0 aliphatic carbocycles. The maximum Gasteiger partial charge on any atom is 0.325 e. The van der Waals surface area contributed by atoms with Crippen LogP contribution in [0.3, 0.4) is 0 Å². The Morgan fingerprint density at radius 2 is 1.68 bits per heavy atom. The Kier molecular flexibility index (Phi) is 6.52. The highest BCUT2D eigenvalue weighted by Crippen LogP contribution is 2.14. The molecule has 0 saturated carbocycles. The monoisotopic (exact) mass is 272 g/mol. The van der Waals surface area contributed by atoms with Crippen molar-refractivity contribution in [3.8, 4) is 0 Å². The minimum Gasteiger partial charge on any atom is -0.468 e. The van der Waals surface area contributed by atoms with Crippen LogP contribution in [0.1, 0.15) is 34.6 Å². The van der Waals surface area contributed by atoms with Gasteiger partial charge < -0.3 is 15.4 Å². The van der Waals surface area contributed by atoms with E-state index in [0.717, 1.165) is 0 Å². The SMILES string of the molecule is COC(=O)CNC(=O)[C@@H](NC(=O)C(C)(C)C)C(C)C. The van der Waals surface area contributed by atoms with Crippen LogP contribution in [-0.2, 0) is 19.1 Å². The van der Waals surface area contributed by atoms with Crippen LogP contribution in [0.2, 0.25) is 0 Å². The average molecular weight is 272 g/mol. The number of hydrogen-bond donors (Lipinski definition) is 2. The van der Waals surface area contributed by atoms with Gasteiger partial charge in [-0.2, -0.15) is 0 Å². The third-order valence-electron chi connectivity index (χ3n) is 2.55. The highest BCUT2D eigenvalue weighted by Gasteiger charge is 2.29. The first-order valence-corrected chi connectivity index (χ1v) is 6.25. The molecule has 0 aromatic heterocycles. The van der Waals surface area contributed by atoms with Gasteiger partial charge in [-0.3, -0.25) is 14.4 Å². The highest BCUT2D eigenvalue weighted by molar-refractivity contribution is 5.91. The number of ether oxygens (including phenoxy) is 1. The fourth-order valence-electron chi connectivity index (χ4n) is 1.23. The predicted octanol–water partition coefficient (Wildman–Crippen LogP) is 0.463. The van der Waals surface area contributed by atoms with Crippen molar-refractivity contribution in [3.05, 3.63) is 0 Å². The molecule has 0 aliphatic heterocycles. The molecule has 1 atom stereocenters. The lowest BCUT2D eigenvalue weighted by Crippen LogP contribution is -2.53. The zero-order chi connectivity index (χ0) is 15.2. The summed E-state index contributed by atoms with van der Waals surface area (Å²) in [6, 6.07) is -0.670. The van der Waals surface area contributed by atoms with Crippen LogP contribution < -0.4 is 10.6 Å². The van der Waals surface area contributed by atoms with Crippen molar-refractivity contribution >= 4 is 17.8 Å². The van der Waals surface area contributed by atoms with Gasteiger partial charge in [0.15, 0.2) is 0 Å². The van der Waals surface area contributed by atoms with Crippen molar-refractivity contribution in [2.45, 2.75) is 40.7 Å². The summed E-state index contributed by atoms with van der Waals surface area (Å²) >= 11 is 0. The average Bonchev–Trinajstić information content (AvgIpc) is 2.30. The molecule has 0 fully saturated rings. The fraction of sp³-hybridized carbons (Fsp3) is 0.769. The van der Waals surface area contributed by atoms with Crippen molar-refractivity contribution in [3.63, 3.8) is 0 Å². The van der Waals surface area contributed by atoms with Gasteiger partial charge in [0.2, 0.25) is 11.8 Å². The third kappa shape index (κ3) is 6.22. The van der Waals surface area contributed by atoms with Crippen molar-refractivity contribution in [1.29, 1.82) is 0 Å². The second-order valence-corrected chi connectivity index (χ2v) is 5.74. The minimum atomic E-state index is -0.670. The van der Waals surface area contributed by atoms with E-state index in [2.05, 4.69) is 15.4 Å². The number of esters is 1. The number of carbonyl (C=O) groups excluding carboxylic acids is 3. The molecule has 0 aromatic carbocycles. The number of carbonyl (C=O) groups is 3. The molecule has 2 N–H and O–H groups in total. The van der Waals surface area contributed by atoms with Crippen molar-refractivity contribution in [2.75, 3.05) is 13.7 Å². The lowest BCUT2D eigenvalue weighted by molar-refractivity contribution is -0.141. The standard InChI is InChI=1S/C13H24N2O4/c1-8(2)10(15-12(18)13(3,4)5)11(17)14-7-9(16)19-6/h8,10H,7H2,1-6H3,(H,14,17)(H,15,18)/t10-/m0/s1. The number of nitrogens with one attached hydrogen (secondary N) is 2. The van der Waals surface area contributed by atoms with Crippen molar-refractivity contribution in [2.24, 2.45) is 11.3 Å². The van der Waals surface area contributed by atoms with Gasteiger partial charge in [0.1, 0.15) is 12.6 Å². The molecule has 0 saturated heterocycles. The van der Waals surface area contributed by atoms with E-state index in [1.54, 1.807) is 20.8 Å². The van der Waals surface area contributed by atoms with E-state index in [4.69, 9.17) is 0 Å². The van der Waals surface area contributed by atoms with E-state index in [1.165, 1.54) is 7.11 Å². The normalized spacial score (nSPS) is 12.8. The van der Waals surface area contributed by atoms with E-state index in [9.17, 15) is 14.4 Å². The van der Waals surface area contributed by atoms with Gasteiger partial charge in [-0.05, 0) is 5.92 Å². The van der Waals surface area contributed by atoms with Gasteiger partial charge in [-0.25, -0.2) is 0 Å². The Hall–Kier alpha value is -1.59. The predicted molar refractivity (Wildman–Crippen MR) is 71.2 cm³/mol. The van der Waals surface area contributed by atoms with E-state index in [0.29, 0.717) is 0 Å². The summed E-state index contributed by atoms with van der Waals surface area (Å²) in [6.45, 7) is 8.75. The smallest absolute Gasteiger partial charge is 0.325 e. The minimum absolute atomic E-state index is 0.0797. The summed E-state index contributed by atoms with van der Waals surface area (Å²) in [6.07, 6.45) is 0. The van der Waals surface area contributed by atoms with Crippen LogP contribution in [0.25, 0.3) is 0 Å². The van der Waals surface area contributed by atoms with Crippen molar-refractivity contribution < 1.29 is 19.1 Å². The Bertz CT molecular complexity index is 345. The summed E-state index contributed by atoms with van der Waals surface area (Å²) in [5.41, 5.74) is -0.574. The first kappa shape index (κ1) is 17.4. The fourth-order valence-corrected chi connectivity index (χ4v) is 1.23. The Labute approximate surface area is 114 Å². The van der Waals surface area contributed by atoms with E-state index < -0.39 is 23.3 Å². The molecule has 110 valence electrons. The number of hydrogen-bond acceptors (Lipinski definition) is 4. The summed E-state index contributed by atoms with van der Waals surface area (Å²) < 4.78 is 4.44. The molecule has 6 heteroatoms. The first-order chi connectivity index (χ1) is 8.59. The maximum absolute atomic E-state index is 11.9.